The van der Waals surface area contributed by atoms with Crippen molar-refractivity contribution in [2.75, 3.05) is 0 Å². The molecule has 0 aliphatic carbocycles. The lowest BCUT2D eigenvalue weighted by Crippen LogP contribution is -2.40. The third kappa shape index (κ3) is 4.47. The highest BCUT2D eigenvalue weighted by Crippen LogP contribution is 2.27. The van der Waals surface area contributed by atoms with Crippen molar-refractivity contribution < 1.29 is 4.79 Å². The second-order valence-electron chi connectivity index (χ2n) is 8.45. The maximum atomic E-state index is 12.9. The fraction of sp³-hybridized carbons (Fsp3) is 0.348. The first-order valence-electron chi connectivity index (χ1n) is 9.59. The topological polar surface area (TPSA) is 59.8 Å². The van der Waals surface area contributed by atoms with Crippen molar-refractivity contribution in [1.29, 1.82) is 0 Å². The standard InChI is InChI=1S/C23H28N4O/c1-15(2)27-21(11-12-24-27)20-14-18(22(28)26-23(4,5)6)13-19(25-20)17-9-7-16(3)8-10-17/h7-15H,1-6H3,(H,26,28). The van der Waals surface area contributed by atoms with Gasteiger partial charge in [0.15, 0.2) is 0 Å². The Hall–Kier alpha value is -2.95. The molecule has 1 N–H and O–H groups in total. The first kappa shape index (κ1) is 19.8. The number of hydrogen-bond acceptors (Lipinski definition) is 3. The highest BCUT2D eigenvalue weighted by molar-refractivity contribution is 5.96. The lowest BCUT2D eigenvalue weighted by Gasteiger charge is -2.21. The second-order valence-corrected chi connectivity index (χ2v) is 8.45. The van der Waals surface area contributed by atoms with Gasteiger partial charge >= 0.3 is 0 Å². The van der Waals surface area contributed by atoms with Crippen molar-refractivity contribution in [3.8, 4) is 22.6 Å². The summed E-state index contributed by atoms with van der Waals surface area (Å²) in [4.78, 5) is 17.7. The van der Waals surface area contributed by atoms with E-state index >= 15 is 0 Å². The van der Waals surface area contributed by atoms with Gasteiger partial charge in [-0.1, -0.05) is 29.8 Å². The molecule has 1 aromatic carbocycles. The van der Waals surface area contributed by atoms with Crippen LogP contribution in [-0.2, 0) is 0 Å². The van der Waals surface area contributed by atoms with Crippen molar-refractivity contribution in [1.82, 2.24) is 20.1 Å². The third-order valence-corrected chi connectivity index (χ3v) is 4.35. The molecule has 0 radical (unpaired) electrons. The first-order chi connectivity index (χ1) is 13.1. The summed E-state index contributed by atoms with van der Waals surface area (Å²) in [6.07, 6.45) is 1.77. The number of nitrogens with zero attached hydrogens (tertiary/aromatic N) is 3. The summed E-state index contributed by atoms with van der Waals surface area (Å²) >= 11 is 0. The maximum absolute atomic E-state index is 12.9. The highest BCUT2D eigenvalue weighted by atomic mass is 16.1. The van der Waals surface area contributed by atoms with E-state index in [0.717, 1.165) is 22.6 Å². The maximum Gasteiger partial charge on any atom is 0.251 e. The SMILES string of the molecule is Cc1ccc(-c2cc(C(=O)NC(C)(C)C)cc(-c3ccnn3C(C)C)n2)cc1. The molecule has 0 fully saturated rings. The number of aryl methyl sites for hydroxylation is 1. The van der Waals surface area contributed by atoms with E-state index in [-0.39, 0.29) is 17.5 Å². The van der Waals surface area contributed by atoms with Crippen LogP contribution in [0, 0.1) is 6.92 Å². The Labute approximate surface area is 166 Å². The largest absolute Gasteiger partial charge is 0.347 e. The Kier molecular flexibility index (Phi) is 5.36. The zero-order valence-electron chi connectivity index (χ0n) is 17.4. The van der Waals surface area contributed by atoms with Gasteiger partial charge in [0.05, 0.1) is 17.1 Å². The van der Waals surface area contributed by atoms with E-state index in [0.29, 0.717) is 5.56 Å². The molecule has 0 saturated heterocycles. The summed E-state index contributed by atoms with van der Waals surface area (Å²) in [7, 11) is 0. The molecule has 5 nitrogen and oxygen atoms in total. The number of hydrogen-bond donors (Lipinski definition) is 1. The van der Waals surface area contributed by atoms with E-state index in [2.05, 4.69) is 43.3 Å². The normalized spacial score (nSPS) is 11.7. The Balaban J connectivity index is 2.15. The van der Waals surface area contributed by atoms with Gasteiger partial charge in [-0.25, -0.2) is 4.98 Å². The Morgan fingerprint density at radius 3 is 2.29 bits per heavy atom. The van der Waals surface area contributed by atoms with E-state index in [1.807, 2.05) is 55.8 Å². The van der Waals surface area contributed by atoms with Crippen LogP contribution in [0.3, 0.4) is 0 Å². The Morgan fingerprint density at radius 1 is 1.04 bits per heavy atom. The molecule has 2 aromatic heterocycles. The van der Waals surface area contributed by atoms with Crippen molar-refractivity contribution in [2.45, 2.75) is 53.1 Å². The van der Waals surface area contributed by atoms with Gasteiger partial charge in [0, 0.05) is 28.9 Å². The molecule has 3 rings (SSSR count). The average Bonchev–Trinajstić information content (AvgIpc) is 3.10. The van der Waals surface area contributed by atoms with E-state index in [9.17, 15) is 4.79 Å². The number of benzene rings is 1. The molecule has 146 valence electrons. The second kappa shape index (κ2) is 7.58. The zero-order chi connectivity index (χ0) is 20.5. The van der Waals surface area contributed by atoms with Gasteiger partial charge in [0.1, 0.15) is 0 Å². The summed E-state index contributed by atoms with van der Waals surface area (Å²) in [5.41, 5.74) is 4.85. The van der Waals surface area contributed by atoms with Crippen LogP contribution in [0.4, 0.5) is 0 Å². The van der Waals surface area contributed by atoms with E-state index < -0.39 is 0 Å². The lowest BCUT2D eigenvalue weighted by atomic mass is 10.0. The molecule has 0 unspecified atom stereocenters. The van der Waals surface area contributed by atoms with E-state index in [1.165, 1.54) is 5.56 Å². The number of pyridine rings is 1. The predicted molar refractivity (Wildman–Crippen MR) is 113 cm³/mol. The summed E-state index contributed by atoms with van der Waals surface area (Å²) in [6, 6.07) is 14.0. The van der Waals surface area contributed by atoms with Crippen LogP contribution in [0.2, 0.25) is 0 Å². The number of carbonyl (C=O) groups is 1. The van der Waals surface area contributed by atoms with Gasteiger partial charge < -0.3 is 5.32 Å². The number of rotatable bonds is 4. The third-order valence-electron chi connectivity index (χ3n) is 4.35. The molecule has 0 bridgehead atoms. The fourth-order valence-corrected chi connectivity index (χ4v) is 3.01. The molecule has 28 heavy (non-hydrogen) atoms. The molecule has 3 aromatic rings. The number of carbonyl (C=O) groups excluding carboxylic acids is 1. The Morgan fingerprint density at radius 2 is 1.68 bits per heavy atom. The molecular weight excluding hydrogens is 348 g/mol. The number of aromatic nitrogens is 3. The predicted octanol–water partition coefficient (Wildman–Crippen LogP) is 5.03. The van der Waals surface area contributed by atoms with Crippen molar-refractivity contribution in [2.24, 2.45) is 0 Å². The molecule has 0 aliphatic heterocycles. The quantitative estimate of drug-likeness (QED) is 0.695. The van der Waals surface area contributed by atoms with Gasteiger partial charge in [0.25, 0.3) is 5.91 Å². The van der Waals surface area contributed by atoms with Crippen LogP contribution in [-0.4, -0.2) is 26.2 Å². The summed E-state index contributed by atoms with van der Waals surface area (Å²) in [5.74, 6) is -0.111. The van der Waals surface area contributed by atoms with Crippen molar-refractivity contribution >= 4 is 5.91 Å². The van der Waals surface area contributed by atoms with E-state index in [4.69, 9.17) is 4.98 Å². The molecule has 1 amide bonds. The fourth-order valence-electron chi connectivity index (χ4n) is 3.01. The number of amides is 1. The van der Waals surface area contributed by atoms with Gasteiger partial charge in [0.2, 0.25) is 0 Å². The summed E-state index contributed by atoms with van der Waals surface area (Å²) in [6.45, 7) is 12.1. The van der Waals surface area contributed by atoms with E-state index in [1.54, 1.807) is 6.20 Å². The summed E-state index contributed by atoms with van der Waals surface area (Å²) in [5, 5.41) is 7.46. The van der Waals surface area contributed by atoms with Gasteiger partial charge in [-0.05, 0) is 59.7 Å². The van der Waals surface area contributed by atoms with Crippen molar-refractivity contribution in [3.05, 3.63) is 59.8 Å². The van der Waals surface area contributed by atoms with Crippen LogP contribution in [0.5, 0.6) is 0 Å². The molecular formula is C23H28N4O. The first-order valence-corrected chi connectivity index (χ1v) is 9.59. The van der Waals surface area contributed by atoms with Gasteiger partial charge in [-0.3, -0.25) is 9.48 Å². The van der Waals surface area contributed by atoms with Crippen molar-refractivity contribution in [3.63, 3.8) is 0 Å². The minimum absolute atomic E-state index is 0.111. The van der Waals surface area contributed by atoms with Crippen LogP contribution in [0.25, 0.3) is 22.6 Å². The van der Waals surface area contributed by atoms with Crippen LogP contribution in [0.1, 0.15) is 56.6 Å². The monoisotopic (exact) mass is 376 g/mol. The molecule has 5 heteroatoms. The molecule has 2 heterocycles. The smallest absolute Gasteiger partial charge is 0.251 e. The van der Waals surface area contributed by atoms with Gasteiger partial charge in [-0.15, -0.1) is 0 Å². The minimum Gasteiger partial charge on any atom is -0.347 e. The minimum atomic E-state index is -0.315. The highest BCUT2D eigenvalue weighted by Gasteiger charge is 2.19. The molecule has 0 aliphatic rings. The number of nitrogens with one attached hydrogen (secondary N) is 1. The summed E-state index contributed by atoms with van der Waals surface area (Å²) < 4.78 is 1.92. The molecule has 0 saturated carbocycles. The average molecular weight is 377 g/mol. The zero-order valence-corrected chi connectivity index (χ0v) is 17.4. The molecule has 0 spiro atoms. The van der Waals surface area contributed by atoms with Crippen LogP contribution >= 0.6 is 0 Å². The Bertz CT molecular complexity index is 979. The van der Waals surface area contributed by atoms with Crippen LogP contribution < -0.4 is 5.32 Å². The van der Waals surface area contributed by atoms with Crippen LogP contribution in [0.15, 0.2) is 48.7 Å². The van der Waals surface area contributed by atoms with Gasteiger partial charge in [-0.2, -0.15) is 5.10 Å². The molecule has 0 atom stereocenters. The lowest BCUT2D eigenvalue weighted by molar-refractivity contribution is 0.0919.